The van der Waals surface area contributed by atoms with E-state index < -0.39 is 10.0 Å². The molecule has 0 aliphatic rings. The van der Waals surface area contributed by atoms with Crippen LogP contribution in [0.5, 0.6) is 0 Å². The Morgan fingerprint density at radius 3 is 2.42 bits per heavy atom. The molecule has 0 saturated carbocycles. The minimum Gasteiger partial charge on any atom is -0.316 e. The van der Waals surface area contributed by atoms with E-state index in [9.17, 15) is 12.8 Å². The van der Waals surface area contributed by atoms with Crippen molar-refractivity contribution in [3.05, 3.63) is 35.6 Å². The van der Waals surface area contributed by atoms with Crippen LogP contribution in [0.2, 0.25) is 0 Å². The first-order chi connectivity index (χ1) is 8.94. The third-order valence-electron chi connectivity index (χ3n) is 2.70. The maximum absolute atomic E-state index is 12.8. The second kappa shape index (κ2) is 7.57. The number of hydrogen-bond acceptors (Lipinski definition) is 3. The Morgan fingerprint density at radius 2 is 1.84 bits per heavy atom. The van der Waals surface area contributed by atoms with Gasteiger partial charge in [-0.05, 0) is 37.6 Å². The highest BCUT2D eigenvalue weighted by molar-refractivity contribution is 7.89. The fourth-order valence-electron chi connectivity index (χ4n) is 1.66. The lowest BCUT2D eigenvalue weighted by Crippen LogP contribution is -2.33. The summed E-state index contributed by atoms with van der Waals surface area (Å²) in [5.41, 5.74) is 0.742. The Bertz CT molecular complexity index is 474. The second-order valence-electron chi connectivity index (χ2n) is 4.46. The molecule has 1 unspecified atom stereocenters. The number of benzene rings is 1. The molecular weight excluding hydrogens is 267 g/mol. The molecule has 1 atom stereocenters. The van der Waals surface area contributed by atoms with Crippen LogP contribution in [0.15, 0.2) is 24.3 Å². The van der Waals surface area contributed by atoms with Crippen LogP contribution in [0.1, 0.15) is 31.9 Å². The number of sulfonamides is 1. The van der Waals surface area contributed by atoms with E-state index >= 15 is 0 Å². The van der Waals surface area contributed by atoms with E-state index in [1.165, 1.54) is 12.1 Å². The Morgan fingerprint density at radius 1 is 1.21 bits per heavy atom. The SMILES string of the molecule is CCCNCCS(=O)(=O)NC(C)c1ccc(F)cc1. The van der Waals surface area contributed by atoms with E-state index in [1.807, 2.05) is 6.92 Å². The van der Waals surface area contributed by atoms with Crippen LogP contribution in [0.4, 0.5) is 4.39 Å². The third-order valence-corrected chi connectivity index (χ3v) is 4.15. The number of halogens is 1. The van der Waals surface area contributed by atoms with Crippen molar-refractivity contribution < 1.29 is 12.8 Å². The number of hydrogen-bond donors (Lipinski definition) is 2. The first-order valence-corrected chi connectivity index (χ1v) is 8.06. The summed E-state index contributed by atoms with van der Waals surface area (Å²) in [6.45, 7) is 5.00. The first kappa shape index (κ1) is 16.1. The zero-order valence-electron chi connectivity index (χ0n) is 11.3. The van der Waals surface area contributed by atoms with Crippen LogP contribution in [0, 0.1) is 5.82 Å². The molecule has 0 spiro atoms. The molecule has 0 aliphatic carbocycles. The van der Waals surface area contributed by atoms with Gasteiger partial charge in [-0.3, -0.25) is 0 Å². The van der Waals surface area contributed by atoms with Gasteiger partial charge in [-0.25, -0.2) is 17.5 Å². The van der Waals surface area contributed by atoms with Gasteiger partial charge < -0.3 is 5.32 Å². The van der Waals surface area contributed by atoms with Crippen LogP contribution in [-0.4, -0.2) is 27.3 Å². The third kappa shape index (κ3) is 6.13. The molecule has 1 aromatic rings. The molecule has 0 aromatic heterocycles. The predicted molar refractivity (Wildman–Crippen MR) is 74.9 cm³/mol. The summed E-state index contributed by atoms with van der Waals surface area (Å²) in [5, 5.41) is 3.04. The molecule has 0 aliphatic heterocycles. The highest BCUT2D eigenvalue weighted by Crippen LogP contribution is 2.13. The van der Waals surface area contributed by atoms with Gasteiger partial charge in [0.1, 0.15) is 5.82 Å². The summed E-state index contributed by atoms with van der Waals surface area (Å²) in [6, 6.07) is 5.44. The molecule has 0 bridgehead atoms. The van der Waals surface area contributed by atoms with Gasteiger partial charge >= 0.3 is 0 Å². The van der Waals surface area contributed by atoms with Crippen molar-refractivity contribution in [3.63, 3.8) is 0 Å². The van der Waals surface area contributed by atoms with Crippen LogP contribution < -0.4 is 10.0 Å². The standard InChI is InChI=1S/C13H21FN2O2S/c1-3-8-15-9-10-19(17,18)16-11(2)12-4-6-13(14)7-5-12/h4-7,11,15-16H,3,8-10H2,1-2H3. The predicted octanol–water partition coefficient (Wildman–Crippen LogP) is 1.81. The Hall–Kier alpha value is -0.980. The molecule has 108 valence electrons. The van der Waals surface area contributed by atoms with E-state index in [2.05, 4.69) is 10.0 Å². The first-order valence-electron chi connectivity index (χ1n) is 6.41. The normalized spacial score (nSPS) is 13.4. The fourth-order valence-corrected chi connectivity index (χ4v) is 2.86. The van der Waals surface area contributed by atoms with Crippen LogP contribution >= 0.6 is 0 Å². The Labute approximate surface area is 114 Å². The summed E-state index contributed by atoms with van der Waals surface area (Å²) in [7, 11) is -3.33. The number of rotatable bonds is 8. The van der Waals surface area contributed by atoms with Crippen LogP contribution in [0.25, 0.3) is 0 Å². The summed E-state index contributed by atoms with van der Waals surface area (Å²) in [4.78, 5) is 0. The van der Waals surface area contributed by atoms with Crippen molar-refractivity contribution in [1.29, 1.82) is 0 Å². The lowest BCUT2D eigenvalue weighted by Gasteiger charge is -2.14. The molecule has 0 fully saturated rings. The van der Waals surface area contributed by atoms with Crippen molar-refractivity contribution in [1.82, 2.24) is 10.0 Å². The maximum atomic E-state index is 12.8. The van der Waals surface area contributed by atoms with E-state index in [0.29, 0.717) is 6.54 Å². The highest BCUT2D eigenvalue weighted by Gasteiger charge is 2.15. The highest BCUT2D eigenvalue weighted by atomic mass is 32.2. The number of nitrogens with one attached hydrogen (secondary N) is 2. The molecular formula is C13H21FN2O2S. The summed E-state index contributed by atoms with van der Waals surface area (Å²) >= 11 is 0. The average Bonchev–Trinajstić information content (AvgIpc) is 2.35. The van der Waals surface area contributed by atoms with Crippen molar-refractivity contribution in [3.8, 4) is 0 Å². The van der Waals surface area contributed by atoms with Gasteiger partial charge in [0.15, 0.2) is 0 Å². The largest absolute Gasteiger partial charge is 0.316 e. The Balaban J connectivity index is 2.50. The van der Waals surface area contributed by atoms with Gasteiger partial charge in [0, 0.05) is 12.6 Å². The lowest BCUT2D eigenvalue weighted by molar-refractivity contribution is 0.562. The molecule has 0 heterocycles. The molecule has 19 heavy (non-hydrogen) atoms. The molecule has 6 heteroatoms. The van der Waals surface area contributed by atoms with E-state index in [0.717, 1.165) is 18.5 Å². The minimum absolute atomic E-state index is 0.0402. The van der Waals surface area contributed by atoms with Gasteiger partial charge in [0.25, 0.3) is 0 Å². The van der Waals surface area contributed by atoms with Gasteiger partial charge in [-0.2, -0.15) is 0 Å². The quantitative estimate of drug-likeness (QED) is 0.717. The van der Waals surface area contributed by atoms with Gasteiger partial charge in [-0.15, -0.1) is 0 Å². The van der Waals surface area contributed by atoms with Crippen LogP contribution in [-0.2, 0) is 10.0 Å². The van der Waals surface area contributed by atoms with Gasteiger partial charge in [-0.1, -0.05) is 19.1 Å². The van der Waals surface area contributed by atoms with E-state index in [1.54, 1.807) is 19.1 Å². The van der Waals surface area contributed by atoms with Crippen molar-refractivity contribution in [2.45, 2.75) is 26.3 Å². The monoisotopic (exact) mass is 288 g/mol. The summed E-state index contributed by atoms with van der Waals surface area (Å²) < 4.78 is 39.0. The molecule has 0 saturated heterocycles. The minimum atomic E-state index is -3.33. The van der Waals surface area contributed by atoms with Crippen molar-refractivity contribution >= 4 is 10.0 Å². The Kier molecular flexibility index (Phi) is 6.41. The molecule has 0 radical (unpaired) electrons. The van der Waals surface area contributed by atoms with Crippen molar-refractivity contribution in [2.24, 2.45) is 0 Å². The molecule has 1 rings (SSSR count). The van der Waals surface area contributed by atoms with Gasteiger partial charge in [0.2, 0.25) is 10.0 Å². The molecule has 4 nitrogen and oxygen atoms in total. The van der Waals surface area contributed by atoms with Crippen molar-refractivity contribution in [2.75, 3.05) is 18.8 Å². The zero-order chi connectivity index (χ0) is 14.3. The smallest absolute Gasteiger partial charge is 0.213 e. The topological polar surface area (TPSA) is 58.2 Å². The van der Waals surface area contributed by atoms with E-state index in [4.69, 9.17) is 0 Å². The van der Waals surface area contributed by atoms with Crippen LogP contribution in [0.3, 0.4) is 0 Å². The summed E-state index contributed by atoms with van der Waals surface area (Å²) in [5.74, 6) is -0.291. The molecule has 0 amide bonds. The fraction of sp³-hybridized carbons (Fsp3) is 0.538. The second-order valence-corrected chi connectivity index (χ2v) is 6.33. The zero-order valence-corrected chi connectivity index (χ0v) is 12.1. The molecule has 2 N–H and O–H groups in total. The average molecular weight is 288 g/mol. The van der Waals surface area contributed by atoms with Gasteiger partial charge in [0.05, 0.1) is 5.75 Å². The molecule has 1 aromatic carbocycles. The lowest BCUT2D eigenvalue weighted by atomic mass is 10.1. The van der Waals surface area contributed by atoms with E-state index in [-0.39, 0.29) is 17.6 Å². The summed E-state index contributed by atoms with van der Waals surface area (Å²) in [6.07, 6.45) is 0.972. The maximum Gasteiger partial charge on any atom is 0.213 e.